The van der Waals surface area contributed by atoms with Crippen molar-refractivity contribution in [1.29, 1.82) is 0 Å². The first-order valence-corrected chi connectivity index (χ1v) is 7.80. The zero-order valence-electron chi connectivity index (χ0n) is 9.55. The molecular weight excluding hydrogens is 260 g/mol. The second-order valence-electron chi connectivity index (χ2n) is 3.57. The summed E-state index contributed by atoms with van der Waals surface area (Å²) in [5.74, 6) is 0.971. The van der Waals surface area contributed by atoms with E-state index in [0.29, 0.717) is 23.8 Å². The molecule has 0 atom stereocenters. The highest BCUT2D eigenvalue weighted by atomic mass is 32.2. The van der Waals surface area contributed by atoms with Crippen molar-refractivity contribution in [3.63, 3.8) is 0 Å². The van der Waals surface area contributed by atoms with E-state index in [4.69, 9.17) is 4.74 Å². The fourth-order valence-corrected chi connectivity index (χ4v) is 3.44. The molecule has 0 bridgehead atoms. The molecule has 1 aromatic heterocycles. The number of thiazole rings is 1. The van der Waals surface area contributed by atoms with Crippen LogP contribution in [0.3, 0.4) is 0 Å². The normalized spacial score (nSPS) is 17.1. The molecule has 17 heavy (non-hydrogen) atoms. The lowest BCUT2D eigenvalue weighted by Gasteiger charge is -2.25. The Balaban J connectivity index is 2.03. The van der Waals surface area contributed by atoms with Gasteiger partial charge in [-0.25, -0.2) is 9.78 Å². The topological polar surface area (TPSA) is 59.5 Å². The fourth-order valence-electron chi connectivity index (χ4n) is 1.54. The van der Waals surface area contributed by atoms with Crippen LogP contribution in [0.2, 0.25) is 0 Å². The quantitative estimate of drug-likeness (QED) is 0.766. The Labute approximate surface area is 106 Å². The van der Waals surface area contributed by atoms with E-state index in [1.54, 1.807) is 12.3 Å². The molecule has 2 rings (SSSR count). The van der Waals surface area contributed by atoms with Crippen molar-refractivity contribution in [1.82, 2.24) is 4.98 Å². The van der Waals surface area contributed by atoms with Crippen molar-refractivity contribution in [3.8, 4) is 0 Å². The summed E-state index contributed by atoms with van der Waals surface area (Å²) >= 11 is 1.43. The summed E-state index contributed by atoms with van der Waals surface area (Å²) in [5, 5.41) is 2.52. The van der Waals surface area contributed by atoms with Gasteiger partial charge in [-0.15, -0.1) is 11.3 Å². The third kappa shape index (κ3) is 3.04. The lowest BCUT2D eigenvalue weighted by molar-refractivity contribution is 0.0520. The highest BCUT2D eigenvalue weighted by Gasteiger charge is 2.20. The molecule has 1 fully saturated rings. The third-order valence-corrected chi connectivity index (χ3v) is 4.60. The molecule has 94 valence electrons. The maximum Gasteiger partial charge on any atom is 0.357 e. The minimum absolute atomic E-state index is 0.356. The molecule has 7 heteroatoms. The molecule has 0 spiro atoms. The van der Waals surface area contributed by atoms with Crippen LogP contribution in [-0.2, 0) is 15.5 Å². The minimum Gasteiger partial charge on any atom is -0.461 e. The van der Waals surface area contributed by atoms with Crippen LogP contribution in [0.1, 0.15) is 17.4 Å². The van der Waals surface area contributed by atoms with Gasteiger partial charge in [0, 0.05) is 40.8 Å². The molecule has 0 amide bonds. The number of ether oxygens (including phenoxy) is 1. The molecule has 0 radical (unpaired) electrons. The van der Waals surface area contributed by atoms with Crippen molar-refractivity contribution in [2.45, 2.75) is 6.92 Å². The van der Waals surface area contributed by atoms with Crippen LogP contribution in [0.5, 0.6) is 0 Å². The second kappa shape index (κ2) is 5.59. The van der Waals surface area contributed by atoms with Crippen LogP contribution in [0.4, 0.5) is 5.13 Å². The van der Waals surface area contributed by atoms with E-state index in [0.717, 1.165) is 18.2 Å². The van der Waals surface area contributed by atoms with Crippen LogP contribution in [0, 0.1) is 0 Å². The van der Waals surface area contributed by atoms with E-state index in [9.17, 15) is 9.00 Å². The van der Waals surface area contributed by atoms with Gasteiger partial charge in [0.25, 0.3) is 0 Å². The zero-order chi connectivity index (χ0) is 12.3. The molecule has 5 nitrogen and oxygen atoms in total. The van der Waals surface area contributed by atoms with Gasteiger partial charge in [0.2, 0.25) is 0 Å². The number of esters is 1. The Morgan fingerprint density at radius 3 is 2.94 bits per heavy atom. The Morgan fingerprint density at radius 1 is 1.59 bits per heavy atom. The zero-order valence-corrected chi connectivity index (χ0v) is 11.2. The number of carbonyl (C=O) groups excluding carboxylic acids is 1. The summed E-state index contributed by atoms with van der Waals surface area (Å²) < 4.78 is 16.1. The number of rotatable bonds is 3. The Morgan fingerprint density at radius 2 is 2.29 bits per heavy atom. The number of hydrogen-bond acceptors (Lipinski definition) is 6. The number of carbonyl (C=O) groups is 1. The number of nitrogens with zero attached hydrogens (tertiary/aromatic N) is 2. The summed E-state index contributed by atoms with van der Waals surface area (Å²) in [7, 11) is -0.696. The Hall–Kier alpha value is -0.950. The molecule has 1 aliphatic rings. The lowest BCUT2D eigenvalue weighted by Crippen LogP contribution is -2.37. The van der Waals surface area contributed by atoms with Crippen molar-refractivity contribution in [3.05, 3.63) is 11.1 Å². The van der Waals surface area contributed by atoms with Crippen molar-refractivity contribution >= 4 is 33.2 Å². The Kier molecular flexibility index (Phi) is 4.11. The molecule has 0 N–H and O–H groups in total. The van der Waals surface area contributed by atoms with Crippen molar-refractivity contribution in [2.75, 3.05) is 36.1 Å². The first-order chi connectivity index (χ1) is 8.20. The van der Waals surface area contributed by atoms with Crippen LogP contribution >= 0.6 is 11.3 Å². The predicted octanol–water partition coefficient (Wildman–Crippen LogP) is 0.889. The van der Waals surface area contributed by atoms with Crippen LogP contribution in [0.15, 0.2) is 5.38 Å². The molecular formula is C10H14N2O3S2. The molecule has 1 aliphatic heterocycles. The maximum absolute atomic E-state index is 11.4. The summed E-state index contributed by atoms with van der Waals surface area (Å²) in [6.07, 6.45) is 0. The van der Waals surface area contributed by atoms with Gasteiger partial charge in [-0.1, -0.05) is 0 Å². The smallest absolute Gasteiger partial charge is 0.357 e. The summed E-state index contributed by atoms with van der Waals surface area (Å²) in [6.45, 7) is 3.60. The lowest BCUT2D eigenvalue weighted by atomic mass is 10.5. The van der Waals surface area contributed by atoms with E-state index >= 15 is 0 Å². The molecule has 1 aromatic rings. The van der Waals surface area contributed by atoms with E-state index in [1.165, 1.54) is 11.3 Å². The molecule has 0 aliphatic carbocycles. The van der Waals surface area contributed by atoms with Gasteiger partial charge >= 0.3 is 5.97 Å². The average molecular weight is 274 g/mol. The standard InChI is InChI=1S/C10H14N2O3S2/c1-2-15-9(13)8-7-16-10(11-8)12-3-5-17(14)6-4-12/h7H,2-6H2,1H3. The van der Waals surface area contributed by atoms with Crippen LogP contribution < -0.4 is 4.90 Å². The predicted molar refractivity (Wildman–Crippen MR) is 68.2 cm³/mol. The van der Waals surface area contributed by atoms with Gasteiger partial charge in [0.1, 0.15) is 0 Å². The van der Waals surface area contributed by atoms with Gasteiger partial charge in [0.15, 0.2) is 10.8 Å². The van der Waals surface area contributed by atoms with E-state index in [1.807, 2.05) is 0 Å². The SMILES string of the molecule is CCOC(=O)c1csc(N2CCS(=O)CC2)n1. The second-order valence-corrected chi connectivity index (χ2v) is 6.10. The van der Waals surface area contributed by atoms with Crippen molar-refractivity contribution < 1.29 is 13.7 Å². The van der Waals surface area contributed by atoms with Gasteiger partial charge in [-0.05, 0) is 6.92 Å². The summed E-state index contributed by atoms with van der Waals surface area (Å²) in [6, 6.07) is 0. The van der Waals surface area contributed by atoms with Crippen molar-refractivity contribution in [2.24, 2.45) is 0 Å². The molecule has 2 heterocycles. The Bertz CT molecular complexity index is 423. The summed E-state index contributed by atoms with van der Waals surface area (Å²) in [4.78, 5) is 17.8. The largest absolute Gasteiger partial charge is 0.461 e. The average Bonchev–Trinajstić information content (AvgIpc) is 2.80. The van der Waals surface area contributed by atoms with Crippen LogP contribution in [0.25, 0.3) is 0 Å². The highest BCUT2D eigenvalue weighted by Crippen LogP contribution is 2.22. The molecule has 0 unspecified atom stereocenters. The highest BCUT2D eigenvalue weighted by molar-refractivity contribution is 7.85. The van der Waals surface area contributed by atoms with Crippen LogP contribution in [-0.4, -0.2) is 46.4 Å². The van der Waals surface area contributed by atoms with E-state index < -0.39 is 10.8 Å². The minimum atomic E-state index is -0.696. The fraction of sp³-hybridized carbons (Fsp3) is 0.600. The number of hydrogen-bond donors (Lipinski definition) is 0. The monoisotopic (exact) mass is 274 g/mol. The van der Waals surface area contributed by atoms with Gasteiger partial charge in [-0.2, -0.15) is 0 Å². The van der Waals surface area contributed by atoms with E-state index in [2.05, 4.69) is 9.88 Å². The van der Waals surface area contributed by atoms with E-state index in [-0.39, 0.29) is 5.97 Å². The number of aromatic nitrogens is 1. The summed E-state index contributed by atoms with van der Waals surface area (Å²) in [5.41, 5.74) is 0.360. The van der Waals surface area contributed by atoms with Gasteiger partial charge in [0.05, 0.1) is 6.61 Å². The molecule has 0 saturated carbocycles. The third-order valence-electron chi connectivity index (χ3n) is 2.42. The van der Waals surface area contributed by atoms with Gasteiger partial charge in [-0.3, -0.25) is 4.21 Å². The first-order valence-electron chi connectivity index (χ1n) is 5.43. The molecule has 0 aromatic carbocycles. The molecule has 1 saturated heterocycles. The first kappa shape index (κ1) is 12.5. The number of anilines is 1. The van der Waals surface area contributed by atoms with Gasteiger partial charge < -0.3 is 9.64 Å². The maximum atomic E-state index is 11.4.